The molecular weight excluding hydrogens is 377 g/mol. The molecule has 0 fully saturated rings. The molecule has 0 atom stereocenters. The van der Waals surface area contributed by atoms with Crippen LogP contribution in [0.4, 0.5) is 5.69 Å². The minimum atomic E-state index is -0.820. The number of rotatable bonds is 4. The number of nitrogens with one attached hydrogen (secondary N) is 1. The van der Waals surface area contributed by atoms with Gasteiger partial charge in [-0.3, -0.25) is 4.79 Å². The second-order valence-corrected chi connectivity index (χ2v) is 6.09. The fraction of sp³-hybridized carbons (Fsp3) is 0.125. The normalized spacial score (nSPS) is 10.3. The second kappa shape index (κ2) is 7.75. The summed E-state index contributed by atoms with van der Waals surface area (Å²) in [5.74, 6) is -1.65. The lowest BCUT2D eigenvalue weighted by atomic mass is 10.1. The molecule has 0 spiro atoms. The van der Waals surface area contributed by atoms with Gasteiger partial charge in [0.05, 0.1) is 15.7 Å². The van der Waals surface area contributed by atoms with Gasteiger partial charge in [-0.15, -0.1) is 0 Å². The molecule has 0 radical (unpaired) electrons. The predicted molar refractivity (Wildman–Crippen MR) is 93.2 cm³/mol. The van der Waals surface area contributed by atoms with Crippen LogP contribution in [0.3, 0.4) is 0 Å². The molecule has 0 heterocycles. The first-order valence-electron chi connectivity index (χ1n) is 6.69. The highest BCUT2D eigenvalue weighted by molar-refractivity contribution is 6.42. The molecule has 0 aromatic heterocycles. The van der Waals surface area contributed by atoms with E-state index in [1.54, 1.807) is 19.1 Å². The molecule has 2 N–H and O–H groups in total. The van der Waals surface area contributed by atoms with Gasteiger partial charge in [0.1, 0.15) is 11.3 Å². The average molecular weight is 389 g/mol. The van der Waals surface area contributed by atoms with Gasteiger partial charge in [0.25, 0.3) is 5.91 Å². The van der Waals surface area contributed by atoms with Crippen molar-refractivity contribution in [2.45, 2.75) is 6.92 Å². The van der Waals surface area contributed by atoms with Crippen molar-refractivity contribution in [3.63, 3.8) is 0 Å². The Morgan fingerprint density at radius 3 is 2.42 bits per heavy atom. The van der Waals surface area contributed by atoms with E-state index in [1.807, 2.05) is 0 Å². The Morgan fingerprint density at radius 2 is 1.79 bits per heavy atom. The van der Waals surface area contributed by atoms with Gasteiger partial charge in [0.2, 0.25) is 0 Å². The highest BCUT2D eigenvalue weighted by Gasteiger charge is 2.17. The predicted octanol–water partition coefficient (Wildman–Crippen LogP) is 4.46. The number of esters is 1. The molecule has 0 aliphatic heterocycles. The van der Waals surface area contributed by atoms with Gasteiger partial charge in [-0.2, -0.15) is 0 Å². The summed E-state index contributed by atoms with van der Waals surface area (Å²) in [4.78, 5) is 23.8. The summed E-state index contributed by atoms with van der Waals surface area (Å²) in [6.07, 6.45) is 0. The third-order valence-corrected chi connectivity index (χ3v) is 3.88. The summed E-state index contributed by atoms with van der Waals surface area (Å²) in [6.45, 7) is 1.07. The Balaban J connectivity index is 2.01. The molecule has 8 heteroatoms. The number of aromatic hydroxyl groups is 1. The number of carbonyl (C=O) groups is 2. The molecule has 0 aliphatic rings. The Hall–Kier alpha value is -1.95. The maximum absolute atomic E-state index is 11.9. The van der Waals surface area contributed by atoms with Crippen LogP contribution in [0, 0.1) is 6.92 Å². The fourth-order valence-corrected chi connectivity index (χ4v) is 2.78. The number of ether oxygens (including phenoxy) is 1. The number of phenols is 1. The molecular formula is C16H12Cl3NO4. The molecule has 0 unspecified atom stereocenters. The van der Waals surface area contributed by atoms with E-state index in [0.29, 0.717) is 10.6 Å². The number of benzene rings is 2. The molecule has 0 saturated heterocycles. The Bertz CT molecular complexity index is 785. The summed E-state index contributed by atoms with van der Waals surface area (Å²) in [5, 5.41) is 12.9. The number of phenolic OH excluding ortho intramolecular Hbond substituents is 1. The number of hydrogen-bond donors (Lipinski definition) is 2. The van der Waals surface area contributed by atoms with E-state index in [2.05, 4.69) is 5.32 Å². The quantitative estimate of drug-likeness (QED) is 0.758. The largest absolute Gasteiger partial charge is 0.507 e. The molecule has 2 aromatic rings. The summed E-state index contributed by atoms with van der Waals surface area (Å²) >= 11 is 17.7. The number of anilines is 1. The Labute approximate surface area is 153 Å². The maximum Gasteiger partial charge on any atom is 0.342 e. The molecule has 0 bridgehead atoms. The topological polar surface area (TPSA) is 75.6 Å². The lowest BCUT2D eigenvalue weighted by molar-refractivity contribution is -0.119. The standard InChI is InChI=1S/C16H12Cl3NO4/c1-8-3-2-4-10(15(8)22)16(23)24-7-13(21)20-14-11(18)5-9(17)6-12(14)19/h2-6,22H,7H2,1H3,(H,20,21). The van der Waals surface area contributed by atoms with Crippen molar-refractivity contribution in [2.24, 2.45) is 0 Å². The molecule has 2 aromatic carbocycles. The Kier molecular flexibility index (Phi) is 5.94. The molecule has 0 saturated carbocycles. The Morgan fingerprint density at radius 1 is 1.17 bits per heavy atom. The smallest absolute Gasteiger partial charge is 0.342 e. The van der Waals surface area contributed by atoms with Crippen molar-refractivity contribution < 1.29 is 19.4 Å². The molecule has 2 rings (SSSR count). The van der Waals surface area contributed by atoms with Crippen LogP contribution < -0.4 is 5.32 Å². The first-order chi connectivity index (χ1) is 11.3. The highest BCUT2D eigenvalue weighted by atomic mass is 35.5. The number of amides is 1. The van der Waals surface area contributed by atoms with E-state index in [9.17, 15) is 14.7 Å². The second-order valence-electron chi connectivity index (χ2n) is 4.84. The zero-order valence-electron chi connectivity index (χ0n) is 12.4. The number of halogens is 3. The van der Waals surface area contributed by atoms with Crippen LogP contribution in [-0.2, 0) is 9.53 Å². The first-order valence-corrected chi connectivity index (χ1v) is 7.83. The van der Waals surface area contributed by atoms with Crippen molar-refractivity contribution >= 4 is 52.4 Å². The van der Waals surface area contributed by atoms with Crippen molar-refractivity contribution in [2.75, 3.05) is 11.9 Å². The summed E-state index contributed by atoms with van der Waals surface area (Å²) in [6, 6.07) is 7.47. The van der Waals surface area contributed by atoms with Crippen LogP contribution in [0.25, 0.3) is 0 Å². The van der Waals surface area contributed by atoms with Gasteiger partial charge in [0.15, 0.2) is 6.61 Å². The van der Waals surface area contributed by atoms with Gasteiger partial charge in [-0.1, -0.05) is 46.9 Å². The van der Waals surface area contributed by atoms with E-state index in [0.717, 1.165) is 0 Å². The van der Waals surface area contributed by atoms with Crippen molar-refractivity contribution in [3.8, 4) is 5.75 Å². The van der Waals surface area contributed by atoms with Gasteiger partial charge in [-0.05, 0) is 30.7 Å². The molecule has 0 aliphatic carbocycles. The van der Waals surface area contributed by atoms with Crippen molar-refractivity contribution in [1.82, 2.24) is 0 Å². The molecule has 24 heavy (non-hydrogen) atoms. The molecule has 1 amide bonds. The number of hydrogen-bond acceptors (Lipinski definition) is 4. The minimum Gasteiger partial charge on any atom is -0.507 e. The van der Waals surface area contributed by atoms with Crippen LogP contribution in [0.15, 0.2) is 30.3 Å². The number of para-hydroxylation sites is 1. The van der Waals surface area contributed by atoms with E-state index >= 15 is 0 Å². The lowest BCUT2D eigenvalue weighted by Gasteiger charge is -2.11. The first kappa shape index (κ1) is 18.4. The maximum atomic E-state index is 11.9. The summed E-state index contributed by atoms with van der Waals surface area (Å²) in [7, 11) is 0. The van der Waals surface area contributed by atoms with Gasteiger partial charge < -0.3 is 15.2 Å². The molecule has 5 nitrogen and oxygen atoms in total. The minimum absolute atomic E-state index is 0.0228. The average Bonchev–Trinajstić information content (AvgIpc) is 2.51. The third-order valence-electron chi connectivity index (χ3n) is 3.06. The molecule has 126 valence electrons. The van der Waals surface area contributed by atoms with Crippen molar-refractivity contribution in [3.05, 3.63) is 56.5 Å². The van der Waals surface area contributed by atoms with E-state index in [4.69, 9.17) is 39.5 Å². The number of aryl methyl sites for hydroxylation is 1. The summed E-state index contributed by atoms with van der Waals surface area (Å²) < 4.78 is 4.88. The van der Waals surface area contributed by atoms with E-state index in [-0.39, 0.29) is 27.0 Å². The third kappa shape index (κ3) is 4.32. The SMILES string of the molecule is Cc1cccc(C(=O)OCC(=O)Nc2c(Cl)cc(Cl)cc2Cl)c1O. The van der Waals surface area contributed by atoms with E-state index in [1.165, 1.54) is 18.2 Å². The van der Waals surface area contributed by atoms with Crippen LogP contribution in [0.1, 0.15) is 15.9 Å². The van der Waals surface area contributed by atoms with Crippen LogP contribution in [0.2, 0.25) is 15.1 Å². The zero-order valence-corrected chi connectivity index (χ0v) is 14.7. The van der Waals surface area contributed by atoms with Gasteiger partial charge in [-0.25, -0.2) is 4.79 Å². The lowest BCUT2D eigenvalue weighted by Crippen LogP contribution is -2.21. The van der Waals surface area contributed by atoms with Gasteiger partial charge in [0, 0.05) is 5.02 Å². The fourth-order valence-electron chi connectivity index (χ4n) is 1.87. The van der Waals surface area contributed by atoms with Crippen LogP contribution >= 0.6 is 34.8 Å². The van der Waals surface area contributed by atoms with E-state index < -0.39 is 18.5 Å². The van der Waals surface area contributed by atoms with Crippen LogP contribution in [0.5, 0.6) is 5.75 Å². The highest BCUT2D eigenvalue weighted by Crippen LogP contribution is 2.33. The van der Waals surface area contributed by atoms with Gasteiger partial charge >= 0.3 is 5.97 Å². The zero-order chi connectivity index (χ0) is 17.9. The van der Waals surface area contributed by atoms with Crippen LogP contribution in [-0.4, -0.2) is 23.6 Å². The monoisotopic (exact) mass is 387 g/mol. The number of carbonyl (C=O) groups excluding carboxylic acids is 2. The van der Waals surface area contributed by atoms with Crippen molar-refractivity contribution in [1.29, 1.82) is 0 Å². The summed E-state index contributed by atoms with van der Waals surface area (Å²) in [5.41, 5.74) is 0.668.